The second-order valence-corrected chi connectivity index (χ2v) is 16.3. The van der Waals surface area contributed by atoms with E-state index in [1.807, 2.05) is 20.8 Å². The first-order valence-corrected chi connectivity index (χ1v) is 19.4. The highest BCUT2D eigenvalue weighted by atomic mass is 32.2. The van der Waals surface area contributed by atoms with Crippen LogP contribution in [0, 0.1) is 20.8 Å². The number of sulfone groups is 2. The molecule has 14 heteroatoms. The van der Waals surface area contributed by atoms with Gasteiger partial charge in [0, 0.05) is 29.5 Å². The van der Waals surface area contributed by atoms with Crippen molar-refractivity contribution in [1.82, 2.24) is 15.0 Å². The summed E-state index contributed by atoms with van der Waals surface area (Å²) in [5.41, 5.74) is 5.15. The molecule has 0 amide bonds. The third kappa shape index (κ3) is 8.09. The van der Waals surface area contributed by atoms with Gasteiger partial charge in [-0.15, -0.1) is 0 Å². The molecule has 2 heterocycles. The van der Waals surface area contributed by atoms with E-state index in [-0.39, 0.29) is 51.2 Å². The quantitative estimate of drug-likeness (QED) is 0.106. The van der Waals surface area contributed by atoms with Crippen molar-refractivity contribution in [3.8, 4) is 11.5 Å². The number of thioether (sulfide) groups is 1. The van der Waals surface area contributed by atoms with Crippen molar-refractivity contribution in [3.63, 3.8) is 0 Å². The number of hydrogen-bond donors (Lipinski definition) is 1. The molecule has 5 aromatic rings. The molecule has 0 spiro atoms. The van der Waals surface area contributed by atoms with E-state index in [1.165, 1.54) is 43.1 Å². The zero-order valence-electron chi connectivity index (χ0n) is 27.8. The largest absolute Gasteiger partial charge is 0.496 e. The molecule has 0 aliphatic rings. The standard InChI is InChI=1S/C35H37N3O8S3/c1-22-6-11-26(12-7-22)48(40,41)19-18-46-31(39)17-10-25-8-13-27(14-9-25)49(42,43)34-30(44-4)16-15-28-32(34)38-35(37-28)47-21-29-24(3)33(45-5)23(2)20-36-29/h6-9,11-16,20H,10,17-19,21H2,1-5H3,(H,37,38). The van der Waals surface area contributed by atoms with Crippen LogP contribution in [0.5, 0.6) is 11.5 Å². The van der Waals surface area contributed by atoms with Crippen LogP contribution in [0.15, 0.2) is 86.7 Å². The summed E-state index contributed by atoms with van der Waals surface area (Å²) in [5, 5.41) is 0.524. The monoisotopic (exact) mass is 723 g/mol. The minimum atomic E-state index is -4.08. The van der Waals surface area contributed by atoms with Crippen LogP contribution >= 0.6 is 11.8 Å². The van der Waals surface area contributed by atoms with E-state index in [1.54, 1.807) is 49.7 Å². The molecule has 11 nitrogen and oxygen atoms in total. The van der Waals surface area contributed by atoms with Crippen molar-refractivity contribution < 1.29 is 35.8 Å². The van der Waals surface area contributed by atoms with Crippen molar-refractivity contribution in [2.45, 2.75) is 59.2 Å². The Morgan fingerprint density at radius 1 is 0.878 bits per heavy atom. The molecule has 49 heavy (non-hydrogen) atoms. The van der Waals surface area contributed by atoms with Crippen molar-refractivity contribution in [1.29, 1.82) is 0 Å². The van der Waals surface area contributed by atoms with Crippen LogP contribution in [-0.4, -0.2) is 64.3 Å². The molecule has 0 radical (unpaired) electrons. The van der Waals surface area contributed by atoms with Crippen LogP contribution in [0.25, 0.3) is 11.0 Å². The molecule has 0 saturated carbocycles. The molecule has 258 valence electrons. The number of benzene rings is 3. The fraction of sp³-hybridized carbons (Fsp3) is 0.286. The van der Waals surface area contributed by atoms with Gasteiger partial charge in [-0.3, -0.25) is 9.78 Å². The maximum Gasteiger partial charge on any atom is 0.306 e. The third-order valence-electron chi connectivity index (χ3n) is 7.98. The topological polar surface area (TPSA) is 155 Å². The second kappa shape index (κ2) is 15.0. The number of rotatable bonds is 14. The van der Waals surface area contributed by atoms with Gasteiger partial charge in [-0.05, 0) is 69.2 Å². The average molecular weight is 724 g/mol. The minimum absolute atomic E-state index is 0.00192. The van der Waals surface area contributed by atoms with Crippen LogP contribution in [0.1, 0.15) is 34.4 Å². The first-order valence-electron chi connectivity index (χ1n) is 15.3. The highest BCUT2D eigenvalue weighted by Gasteiger charge is 2.27. The fourth-order valence-electron chi connectivity index (χ4n) is 5.25. The van der Waals surface area contributed by atoms with E-state index in [4.69, 9.17) is 14.2 Å². The maximum absolute atomic E-state index is 14.0. The SMILES string of the molecule is COc1ccc2[nH]c(SCc3ncc(C)c(OC)c3C)nc2c1S(=O)(=O)c1ccc(CCC(=O)OCCS(=O)(=O)c2ccc(C)cc2)cc1. The summed E-state index contributed by atoms with van der Waals surface area (Å²) in [6.45, 7) is 5.49. The number of fused-ring (bicyclic) bond motifs is 1. The van der Waals surface area contributed by atoms with Crippen LogP contribution in [-0.2, 0) is 41.4 Å². The minimum Gasteiger partial charge on any atom is -0.496 e. The Hall–Kier alpha value is -4.40. The van der Waals surface area contributed by atoms with Crippen molar-refractivity contribution in [2.75, 3.05) is 26.6 Å². The highest BCUT2D eigenvalue weighted by Crippen LogP contribution is 2.37. The molecule has 5 rings (SSSR count). The lowest BCUT2D eigenvalue weighted by Crippen LogP contribution is -2.16. The van der Waals surface area contributed by atoms with Gasteiger partial charge in [0.2, 0.25) is 9.84 Å². The molecule has 0 atom stereocenters. The van der Waals surface area contributed by atoms with Gasteiger partial charge in [0.05, 0.1) is 41.0 Å². The normalized spacial score (nSPS) is 11.9. The van der Waals surface area contributed by atoms with Gasteiger partial charge in [0.1, 0.15) is 28.5 Å². The fourth-order valence-corrected chi connectivity index (χ4v) is 8.80. The summed E-state index contributed by atoms with van der Waals surface area (Å²) in [5.74, 6) is 0.559. The number of methoxy groups -OCH3 is 2. The summed E-state index contributed by atoms with van der Waals surface area (Å²) in [4.78, 5) is 24.9. The Bertz CT molecular complexity index is 2200. The van der Waals surface area contributed by atoms with Gasteiger partial charge in [-0.2, -0.15) is 0 Å². The van der Waals surface area contributed by atoms with Gasteiger partial charge in [-0.25, -0.2) is 21.8 Å². The molecule has 0 aliphatic carbocycles. The predicted octanol–water partition coefficient (Wildman–Crippen LogP) is 5.98. The van der Waals surface area contributed by atoms with E-state index < -0.39 is 25.6 Å². The van der Waals surface area contributed by atoms with E-state index in [0.29, 0.717) is 22.0 Å². The Kier molecular flexibility index (Phi) is 11.0. The average Bonchev–Trinajstić information content (AvgIpc) is 3.50. The number of nitrogens with one attached hydrogen (secondary N) is 1. The number of hydrogen-bond acceptors (Lipinski definition) is 11. The summed E-state index contributed by atoms with van der Waals surface area (Å²) < 4.78 is 69.1. The van der Waals surface area contributed by atoms with Gasteiger partial charge in [-0.1, -0.05) is 41.6 Å². The van der Waals surface area contributed by atoms with E-state index in [0.717, 1.165) is 28.1 Å². The summed E-state index contributed by atoms with van der Waals surface area (Å²) in [6.07, 6.45) is 2.04. The molecule has 0 bridgehead atoms. The number of carbonyl (C=O) groups is 1. The number of pyridine rings is 1. The Balaban J connectivity index is 1.25. The number of aromatic nitrogens is 3. The smallest absolute Gasteiger partial charge is 0.306 e. The third-order valence-corrected chi connectivity index (χ3v) is 12.4. The number of carbonyl (C=O) groups excluding carboxylic acids is 1. The van der Waals surface area contributed by atoms with E-state index in [2.05, 4.69) is 15.0 Å². The van der Waals surface area contributed by atoms with Gasteiger partial charge >= 0.3 is 5.97 Å². The molecular formula is C35H37N3O8S3. The van der Waals surface area contributed by atoms with E-state index >= 15 is 0 Å². The number of ether oxygens (including phenoxy) is 3. The summed E-state index contributed by atoms with van der Waals surface area (Å²) >= 11 is 1.39. The Morgan fingerprint density at radius 3 is 2.24 bits per heavy atom. The lowest BCUT2D eigenvalue weighted by atomic mass is 10.1. The van der Waals surface area contributed by atoms with Crippen LogP contribution in [0.2, 0.25) is 0 Å². The molecule has 0 unspecified atom stereocenters. The van der Waals surface area contributed by atoms with Gasteiger partial charge in [0.15, 0.2) is 15.0 Å². The Morgan fingerprint density at radius 2 is 1.57 bits per heavy atom. The number of nitrogens with zero attached hydrogens (tertiary/aromatic N) is 2. The van der Waals surface area contributed by atoms with Crippen LogP contribution in [0.3, 0.4) is 0 Å². The molecule has 1 N–H and O–H groups in total. The van der Waals surface area contributed by atoms with Gasteiger partial charge in [0.25, 0.3) is 0 Å². The van der Waals surface area contributed by atoms with Crippen LogP contribution < -0.4 is 9.47 Å². The molecule has 0 saturated heterocycles. The maximum atomic E-state index is 14.0. The summed E-state index contributed by atoms with van der Waals surface area (Å²) in [6, 6.07) is 16.0. The first-order chi connectivity index (χ1) is 23.3. The van der Waals surface area contributed by atoms with Crippen LogP contribution in [0.4, 0.5) is 0 Å². The lowest BCUT2D eigenvalue weighted by molar-refractivity contribution is -0.142. The summed E-state index contributed by atoms with van der Waals surface area (Å²) in [7, 11) is -4.62. The highest BCUT2D eigenvalue weighted by molar-refractivity contribution is 7.98. The van der Waals surface area contributed by atoms with Gasteiger partial charge < -0.3 is 19.2 Å². The zero-order chi connectivity index (χ0) is 35.3. The Labute approximate surface area is 290 Å². The molecule has 2 aromatic heterocycles. The lowest BCUT2D eigenvalue weighted by Gasteiger charge is -2.11. The van der Waals surface area contributed by atoms with E-state index in [9.17, 15) is 21.6 Å². The number of H-pyrrole nitrogens is 1. The molecule has 0 aliphatic heterocycles. The van der Waals surface area contributed by atoms with Crippen molar-refractivity contribution in [3.05, 3.63) is 94.8 Å². The second-order valence-electron chi connectivity index (χ2n) is 11.4. The number of aromatic amines is 1. The predicted molar refractivity (Wildman–Crippen MR) is 187 cm³/mol. The first kappa shape index (κ1) is 35.9. The van der Waals surface area contributed by atoms with Crippen molar-refractivity contribution >= 4 is 48.4 Å². The molecule has 0 fully saturated rings. The number of imidazole rings is 1. The molecule has 3 aromatic carbocycles. The zero-order valence-corrected chi connectivity index (χ0v) is 30.2. The van der Waals surface area contributed by atoms with Crippen molar-refractivity contribution in [2.24, 2.45) is 0 Å². The number of esters is 1. The molecular weight excluding hydrogens is 687 g/mol. The number of aryl methyl sites for hydroxylation is 3.